The first-order valence-corrected chi connectivity index (χ1v) is 12.7. The van der Waals surface area contributed by atoms with Crippen molar-refractivity contribution in [3.05, 3.63) is 65.7 Å². The molecule has 0 bridgehead atoms. The Morgan fingerprint density at radius 2 is 1.91 bits per heavy atom. The Hall–Kier alpha value is -2.83. The van der Waals surface area contributed by atoms with E-state index in [-0.39, 0.29) is 31.0 Å². The van der Waals surface area contributed by atoms with Gasteiger partial charge in [-0.3, -0.25) is 9.63 Å². The van der Waals surface area contributed by atoms with Gasteiger partial charge in [0, 0.05) is 13.0 Å². The molecule has 0 radical (unpaired) electrons. The van der Waals surface area contributed by atoms with Crippen molar-refractivity contribution >= 4 is 22.0 Å². The summed E-state index contributed by atoms with van der Waals surface area (Å²) in [5.74, 6) is -3.05. The van der Waals surface area contributed by atoms with Gasteiger partial charge in [0.2, 0.25) is 10.0 Å². The number of sulfonamides is 1. The van der Waals surface area contributed by atoms with Gasteiger partial charge < -0.3 is 14.6 Å². The van der Waals surface area contributed by atoms with Gasteiger partial charge in [0.15, 0.2) is 11.7 Å². The summed E-state index contributed by atoms with van der Waals surface area (Å²) in [5, 5.41) is 9.40. The number of fused-ring (bicyclic) bond motifs is 1. The number of hydroxylamine groups is 1. The Morgan fingerprint density at radius 3 is 2.60 bits per heavy atom. The number of aliphatic carboxylic acids is 1. The maximum Gasteiger partial charge on any atom is 0.335 e. The van der Waals surface area contributed by atoms with Crippen LogP contribution in [0.1, 0.15) is 17.5 Å². The van der Waals surface area contributed by atoms with E-state index in [2.05, 4.69) is 5.48 Å². The number of ether oxygens (including phenoxy) is 2. The van der Waals surface area contributed by atoms with Crippen LogP contribution >= 0.6 is 0 Å². The number of rotatable bonds is 6. The molecule has 0 amide bonds. The van der Waals surface area contributed by atoms with Gasteiger partial charge in [-0.2, -0.15) is 9.79 Å². The summed E-state index contributed by atoms with van der Waals surface area (Å²) in [6.07, 6.45) is -1.99. The molecule has 2 aromatic carbocycles. The molecule has 35 heavy (non-hydrogen) atoms. The van der Waals surface area contributed by atoms with Crippen molar-refractivity contribution in [3.63, 3.8) is 0 Å². The summed E-state index contributed by atoms with van der Waals surface area (Å²) in [6, 6.07) is 15.3. The molecule has 3 unspecified atom stereocenters. The Balaban J connectivity index is 1.44. The first-order valence-electron chi connectivity index (χ1n) is 11.3. The summed E-state index contributed by atoms with van der Waals surface area (Å²) >= 11 is 0. The number of carboxylic acids is 1. The molecule has 5 atom stereocenters. The number of hydrogen-bond donors (Lipinski definition) is 2. The highest BCUT2D eigenvalue weighted by molar-refractivity contribution is 7.89. The molecular formula is C24H26N2O8S. The summed E-state index contributed by atoms with van der Waals surface area (Å²) in [5.41, 5.74) is 3.17. The molecule has 2 aromatic rings. The SMILES string of the molecule is Cc1ccc(S(=O)(=O)N2C[C@H](OCc3ccccc3)[C@]3(CC4NOC(C(=O)O)C4C(=O)O3)C2)cc1. The minimum atomic E-state index is -3.89. The maximum atomic E-state index is 13.5. The third kappa shape index (κ3) is 4.34. The zero-order valence-corrected chi connectivity index (χ0v) is 19.8. The molecule has 0 saturated carbocycles. The molecule has 3 aliphatic heterocycles. The average molecular weight is 503 g/mol. The third-order valence-electron chi connectivity index (χ3n) is 6.84. The zero-order chi connectivity index (χ0) is 24.8. The van der Waals surface area contributed by atoms with Crippen molar-refractivity contribution < 1.29 is 37.4 Å². The average Bonchev–Trinajstić information content (AvgIpc) is 3.41. The largest absolute Gasteiger partial charge is 0.479 e. The van der Waals surface area contributed by atoms with E-state index in [0.717, 1.165) is 11.1 Å². The van der Waals surface area contributed by atoms with Gasteiger partial charge >= 0.3 is 11.9 Å². The number of benzene rings is 2. The third-order valence-corrected chi connectivity index (χ3v) is 8.67. The van der Waals surface area contributed by atoms with Crippen LogP contribution < -0.4 is 5.48 Å². The maximum absolute atomic E-state index is 13.5. The topological polar surface area (TPSA) is 131 Å². The second kappa shape index (κ2) is 8.99. The monoisotopic (exact) mass is 502 g/mol. The van der Waals surface area contributed by atoms with Crippen molar-refractivity contribution in [1.82, 2.24) is 9.79 Å². The number of carbonyl (C=O) groups excluding carboxylic acids is 1. The Labute approximate surface area is 202 Å². The van der Waals surface area contributed by atoms with Crippen LogP contribution in [-0.4, -0.2) is 66.7 Å². The first kappa shape index (κ1) is 23.9. The van der Waals surface area contributed by atoms with E-state index in [1.54, 1.807) is 24.3 Å². The quantitative estimate of drug-likeness (QED) is 0.560. The van der Waals surface area contributed by atoms with Crippen LogP contribution in [0.4, 0.5) is 0 Å². The van der Waals surface area contributed by atoms with Gasteiger partial charge in [0.1, 0.15) is 12.0 Å². The van der Waals surface area contributed by atoms with Gasteiger partial charge in [0.25, 0.3) is 0 Å². The van der Waals surface area contributed by atoms with E-state index in [1.807, 2.05) is 37.3 Å². The second-order valence-electron chi connectivity index (χ2n) is 9.21. The number of nitrogens with zero attached hydrogens (tertiary/aromatic N) is 1. The molecule has 3 heterocycles. The van der Waals surface area contributed by atoms with Crippen molar-refractivity contribution in [2.75, 3.05) is 13.1 Å². The number of carboxylic acid groups (broad SMARTS) is 1. The molecule has 10 nitrogen and oxygen atoms in total. The Morgan fingerprint density at radius 1 is 1.20 bits per heavy atom. The van der Waals surface area contributed by atoms with Crippen LogP contribution in [0.2, 0.25) is 0 Å². The summed E-state index contributed by atoms with van der Waals surface area (Å²) < 4.78 is 40.2. The zero-order valence-electron chi connectivity index (χ0n) is 19.0. The highest BCUT2D eigenvalue weighted by Gasteiger charge is 2.62. The van der Waals surface area contributed by atoms with Crippen LogP contribution in [0.5, 0.6) is 0 Å². The van der Waals surface area contributed by atoms with Crippen molar-refractivity contribution in [3.8, 4) is 0 Å². The predicted octanol–water partition coefficient (Wildman–Crippen LogP) is 1.24. The lowest BCUT2D eigenvalue weighted by atomic mass is 9.81. The summed E-state index contributed by atoms with van der Waals surface area (Å²) in [7, 11) is -3.89. The lowest BCUT2D eigenvalue weighted by Crippen LogP contribution is -2.58. The number of carbonyl (C=O) groups is 2. The summed E-state index contributed by atoms with van der Waals surface area (Å²) in [6.45, 7) is 1.93. The standard InChI is InChI=1S/C24H26N2O8S/c1-15-7-9-17(10-8-15)35(30,31)26-12-19(32-13-16-5-3-2-4-6-16)24(14-26)11-18-20(23(29)33-24)21(22(27)28)34-25-18/h2-10,18-21,25H,11-14H2,1H3,(H,27,28)/t18?,19-,20?,21?,24-/m0/s1. The molecule has 11 heteroatoms. The van der Waals surface area contributed by atoms with Crippen molar-refractivity contribution in [1.29, 1.82) is 0 Å². The molecule has 0 aliphatic carbocycles. The molecular weight excluding hydrogens is 476 g/mol. The van der Waals surface area contributed by atoms with Crippen molar-refractivity contribution in [2.24, 2.45) is 5.92 Å². The predicted molar refractivity (Wildman–Crippen MR) is 121 cm³/mol. The molecule has 3 fully saturated rings. The fourth-order valence-corrected chi connectivity index (χ4v) is 6.49. The van der Waals surface area contributed by atoms with E-state index >= 15 is 0 Å². The van der Waals surface area contributed by atoms with Gasteiger partial charge in [-0.25, -0.2) is 13.2 Å². The van der Waals surface area contributed by atoms with Crippen LogP contribution in [0.25, 0.3) is 0 Å². The number of aryl methyl sites for hydroxylation is 1. The summed E-state index contributed by atoms with van der Waals surface area (Å²) in [4.78, 5) is 29.8. The van der Waals surface area contributed by atoms with E-state index < -0.39 is 51.7 Å². The van der Waals surface area contributed by atoms with Crippen LogP contribution in [0.3, 0.4) is 0 Å². The van der Waals surface area contributed by atoms with E-state index in [9.17, 15) is 23.1 Å². The molecule has 2 N–H and O–H groups in total. The number of hydrogen-bond acceptors (Lipinski definition) is 8. The highest BCUT2D eigenvalue weighted by atomic mass is 32.2. The number of nitrogens with one attached hydrogen (secondary N) is 1. The lowest BCUT2D eigenvalue weighted by Gasteiger charge is -2.41. The fourth-order valence-electron chi connectivity index (χ4n) is 4.99. The highest BCUT2D eigenvalue weighted by Crippen LogP contribution is 2.43. The fraction of sp³-hybridized carbons (Fsp3) is 0.417. The van der Waals surface area contributed by atoms with Crippen LogP contribution in [-0.2, 0) is 40.5 Å². The molecule has 3 aliphatic rings. The Bertz CT molecular complexity index is 1220. The molecule has 1 spiro atoms. The molecule has 5 rings (SSSR count). The lowest BCUT2D eigenvalue weighted by molar-refractivity contribution is -0.192. The van der Waals surface area contributed by atoms with Gasteiger partial charge in [-0.15, -0.1) is 0 Å². The second-order valence-corrected chi connectivity index (χ2v) is 11.2. The van der Waals surface area contributed by atoms with Crippen molar-refractivity contribution in [2.45, 2.75) is 48.7 Å². The van der Waals surface area contributed by atoms with Gasteiger partial charge in [0.05, 0.1) is 24.1 Å². The minimum absolute atomic E-state index is 0.0169. The van der Waals surface area contributed by atoms with E-state index in [4.69, 9.17) is 14.3 Å². The Kier molecular flexibility index (Phi) is 6.14. The first-order chi connectivity index (χ1) is 16.7. The van der Waals surface area contributed by atoms with Crippen LogP contribution in [0.15, 0.2) is 59.5 Å². The molecule has 3 saturated heterocycles. The van der Waals surface area contributed by atoms with Gasteiger partial charge in [-0.1, -0.05) is 48.0 Å². The smallest absolute Gasteiger partial charge is 0.335 e. The van der Waals surface area contributed by atoms with E-state index in [0.29, 0.717) is 0 Å². The van der Waals surface area contributed by atoms with Gasteiger partial charge in [-0.05, 0) is 24.6 Å². The van der Waals surface area contributed by atoms with Crippen LogP contribution in [0, 0.1) is 12.8 Å². The molecule has 0 aromatic heterocycles. The molecule has 186 valence electrons. The normalized spacial score (nSPS) is 30.8. The number of esters is 1. The van der Waals surface area contributed by atoms with E-state index in [1.165, 1.54) is 4.31 Å². The minimum Gasteiger partial charge on any atom is -0.479 e.